The molecule has 2 heteroatoms. The van der Waals surface area contributed by atoms with E-state index >= 15 is 0 Å². The lowest BCUT2D eigenvalue weighted by Gasteiger charge is -2.12. The van der Waals surface area contributed by atoms with Crippen LogP contribution in [0.4, 0.5) is 0 Å². The number of aryl methyl sites for hydroxylation is 1. The van der Waals surface area contributed by atoms with Gasteiger partial charge in [0.05, 0.1) is 7.11 Å². The average Bonchev–Trinajstić information content (AvgIpc) is 2.45. The zero-order chi connectivity index (χ0) is 14.7. The summed E-state index contributed by atoms with van der Waals surface area (Å²) in [5.41, 5.74) is 3.95. The molecule has 104 valence electrons. The number of benzene rings is 2. The smallest absolute Gasteiger partial charge is 0.165 e. The quantitative estimate of drug-likeness (QED) is 0.763. The molecule has 0 N–H and O–H groups in total. The lowest BCUT2D eigenvalue weighted by atomic mass is 9.95. The molecule has 0 heterocycles. The SMILES string of the molecule is COc1ccc(C(=O)C(C)C)cc1-c1cccc(C)c1. The van der Waals surface area contributed by atoms with E-state index in [1.54, 1.807) is 7.11 Å². The number of carbonyl (C=O) groups is 1. The van der Waals surface area contributed by atoms with Crippen LogP contribution in [-0.2, 0) is 0 Å². The van der Waals surface area contributed by atoms with E-state index in [2.05, 4.69) is 19.1 Å². The molecule has 0 aliphatic rings. The third kappa shape index (κ3) is 2.90. The fraction of sp³-hybridized carbons (Fsp3) is 0.278. The van der Waals surface area contributed by atoms with E-state index in [0.29, 0.717) is 0 Å². The zero-order valence-electron chi connectivity index (χ0n) is 12.4. The Balaban J connectivity index is 2.55. The molecular formula is C18H20O2. The van der Waals surface area contributed by atoms with Crippen molar-refractivity contribution in [2.75, 3.05) is 7.11 Å². The maximum Gasteiger partial charge on any atom is 0.165 e. The minimum Gasteiger partial charge on any atom is -0.496 e. The van der Waals surface area contributed by atoms with Crippen LogP contribution in [-0.4, -0.2) is 12.9 Å². The summed E-state index contributed by atoms with van der Waals surface area (Å²) in [6, 6.07) is 13.8. The molecule has 0 fully saturated rings. The van der Waals surface area contributed by atoms with Crippen molar-refractivity contribution in [2.45, 2.75) is 20.8 Å². The van der Waals surface area contributed by atoms with Gasteiger partial charge in [0.1, 0.15) is 5.75 Å². The van der Waals surface area contributed by atoms with Gasteiger partial charge in [-0.3, -0.25) is 4.79 Å². The summed E-state index contributed by atoms with van der Waals surface area (Å²) in [7, 11) is 1.65. The zero-order valence-corrected chi connectivity index (χ0v) is 12.4. The summed E-state index contributed by atoms with van der Waals surface area (Å²) in [6.45, 7) is 5.89. The average molecular weight is 268 g/mol. The van der Waals surface area contributed by atoms with Gasteiger partial charge in [0.15, 0.2) is 5.78 Å². The molecule has 0 atom stereocenters. The molecule has 2 rings (SSSR count). The molecule has 0 aromatic heterocycles. The topological polar surface area (TPSA) is 26.3 Å². The first-order valence-electron chi connectivity index (χ1n) is 6.82. The monoisotopic (exact) mass is 268 g/mol. The van der Waals surface area contributed by atoms with Crippen molar-refractivity contribution in [3.63, 3.8) is 0 Å². The molecule has 0 bridgehead atoms. The van der Waals surface area contributed by atoms with Gasteiger partial charge in [0.25, 0.3) is 0 Å². The Morgan fingerprint density at radius 1 is 1.10 bits per heavy atom. The normalized spacial score (nSPS) is 10.7. The third-order valence-electron chi connectivity index (χ3n) is 3.34. The Hall–Kier alpha value is -2.09. The molecule has 0 saturated heterocycles. The van der Waals surface area contributed by atoms with Crippen molar-refractivity contribution < 1.29 is 9.53 Å². The number of hydrogen-bond acceptors (Lipinski definition) is 2. The first-order valence-corrected chi connectivity index (χ1v) is 6.82. The van der Waals surface area contributed by atoms with Crippen LogP contribution in [0.15, 0.2) is 42.5 Å². The van der Waals surface area contributed by atoms with Crippen LogP contribution in [0.2, 0.25) is 0 Å². The Morgan fingerprint density at radius 2 is 1.85 bits per heavy atom. The number of Topliss-reactive ketones (excluding diaryl/α,β-unsaturated/α-hetero) is 1. The van der Waals surface area contributed by atoms with Gasteiger partial charge in [-0.05, 0) is 30.7 Å². The molecule has 0 saturated carbocycles. The summed E-state index contributed by atoms with van der Waals surface area (Å²) >= 11 is 0. The molecule has 2 nitrogen and oxygen atoms in total. The Labute approximate surface area is 120 Å². The van der Waals surface area contributed by atoms with Crippen LogP contribution in [0.3, 0.4) is 0 Å². The molecule has 20 heavy (non-hydrogen) atoms. The van der Waals surface area contributed by atoms with Crippen molar-refractivity contribution in [2.24, 2.45) is 5.92 Å². The third-order valence-corrected chi connectivity index (χ3v) is 3.34. The molecule has 0 radical (unpaired) electrons. The van der Waals surface area contributed by atoms with E-state index in [4.69, 9.17) is 4.74 Å². The second kappa shape index (κ2) is 5.91. The Kier molecular flexibility index (Phi) is 4.23. The first-order chi connectivity index (χ1) is 9.52. The van der Waals surface area contributed by atoms with Gasteiger partial charge in [0, 0.05) is 17.0 Å². The summed E-state index contributed by atoms with van der Waals surface area (Å²) in [6.07, 6.45) is 0. The molecule has 0 unspecified atom stereocenters. The Bertz CT molecular complexity index is 627. The fourth-order valence-corrected chi connectivity index (χ4v) is 2.23. The summed E-state index contributed by atoms with van der Waals surface area (Å²) in [5.74, 6) is 0.936. The van der Waals surface area contributed by atoms with Gasteiger partial charge in [-0.1, -0.05) is 43.7 Å². The van der Waals surface area contributed by atoms with Crippen LogP contribution in [0.25, 0.3) is 11.1 Å². The van der Waals surface area contributed by atoms with Crippen molar-refractivity contribution in [3.8, 4) is 16.9 Å². The van der Waals surface area contributed by atoms with Gasteiger partial charge < -0.3 is 4.74 Å². The molecule has 0 spiro atoms. The first kappa shape index (κ1) is 14.3. The largest absolute Gasteiger partial charge is 0.496 e. The number of ketones is 1. The fourth-order valence-electron chi connectivity index (χ4n) is 2.23. The van der Waals surface area contributed by atoms with Crippen LogP contribution in [0.1, 0.15) is 29.8 Å². The van der Waals surface area contributed by atoms with Crippen LogP contribution < -0.4 is 4.74 Å². The minimum atomic E-state index is -0.00578. The van der Waals surface area contributed by atoms with Gasteiger partial charge in [-0.15, -0.1) is 0 Å². The predicted molar refractivity (Wildman–Crippen MR) is 82.3 cm³/mol. The van der Waals surface area contributed by atoms with Crippen molar-refractivity contribution in [1.29, 1.82) is 0 Å². The van der Waals surface area contributed by atoms with E-state index in [1.165, 1.54) is 5.56 Å². The number of ether oxygens (including phenoxy) is 1. The van der Waals surface area contributed by atoms with E-state index in [0.717, 1.165) is 22.4 Å². The van der Waals surface area contributed by atoms with Gasteiger partial charge >= 0.3 is 0 Å². The highest BCUT2D eigenvalue weighted by molar-refractivity contribution is 5.99. The minimum absolute atomic E-state index is 0.00578. The highest BCUT2D eigenvalue weighted by atomic mass is 16.5. The number of hydrogen-bond donors (Lipinski definition) is 0. The molecular weight excluding hydrogens is 248 g/mol. The van der Waals surface area contributed by atoms with Gasteiger partial charge in [-0.25, -0.2) is 0 Å². The van der Waals surface area contributed by atoms with Crippen molar-refractivity contribution in [3.05, 3.63) is 53.6 Å². The number of carbonyl (C=O) groups excluding carboxylic acids is 1. The Morgan fingerprint density at radius 3 is 2.45 bits per heavy atom. The molecule has 2 aromatic carbocycles. The predicted octanol–water partition coefficient (Wildman–Crippen LogP) is 4.51. The summed E-state index contributed by atoms with van der Waals surface area (Å²) < 4.78 is 5.42. The standard InChI is InChI=1S/C18H20O2/c1-12(2)18(19)15-8-9-17(20-4)16(11-15)14-7-5-6-13(3)10-14/h5-12H,1-4H3. The van der Waals surface area contributed by atoms with Crippen LogP contribution in [0, 0.1) is 12.8 Å². The summed E-state index contributed by atoms with van der Waals surface area (Å²) in [5, 5.41) is 0. The highest BCUT2D eigenvalue weighted by Gasteiger charge is 2.14. The van der Waals surface area contributed by atoms with E-state index in [1.807, 2.05) is 44.2 Å². The second-order valence-corrected chi connectivity index (χ2v) is 5.30. The lowest BCUT2D eigenvalue weighted by Crippen LogP contribution is -2.07. The van der Waals surface area contributed by atoms with E-state index in [9.17, 15) is 4.79 Å². The lowest BCUT2D eigenvalue weighted by molar-refractivity contribution is 0.0939. The van der Waals surface area contributed by atoms with Gasteiger partial charge in [-0.2, -0.15) is 0 Å². The maximum atomic E-state index is 12.2. The number of methoxy groups -OCH3 is 1. The van der Waals surface area contributed by atoms with Gasteiger partial charge in [0.2, 0.25) is 0 Å². The maximum absolute atomic E-state index is 12.2. The highest BCUT2D eigenvalue weighted by Crippen LogP contribution is 2.32. The van der Waals surface area contributed by atoms with E-state index < -0.39 is 0 Å². The van der Waals surface area contributed by atoms with Crippen molar-refractivity contribution >= 4 is 5.78 Å². The molecule has 0 aliphatic heterocycles. The van der Waals surface area contributed by atoms with E-state index in [-0.39, 0.29) is 11.7 Å². The molecule has 0 aliphatic carbocycles. The number of rotatable bonds is 4. The second-order valence-electron chi connectivity index (χ2n) is 5.30. The molecule has 2 aromatic rings. The molecule has 0 amide bonds. The van der Waals surface area contributed by atoms with Crippen LogP contribution >= 0.6 is 0 Å². The van der Waals surface area contributed by atoms with Crippen LogP contribution in [0.5, 0.6) is 5.75 Å². The summed E-state index contributed by atoms with van der Waals surface area (Å²) in [4.78, 5) is 12.2. The van der Waals surface area contributed by atoms with Crippen molar-refractivity contribution in [1.82, 2.24) is 0 Å².